The minimum Gasteiger partial charge on any atom is -0.325 e. The minimum atomic E-state index is -0.556. The number of benzene rings is 2. The highest BCUT2D eigenvalue weighted by Gasteiger charge is 2.19. The van der Waals surface area contributed by atoms with E-state index in [0.29, 0.717) is 11.3 Å². The van der Waals surface area contributed by atoms with Gasteiger partial charge in [-0.1, -0.05) is 30.0 Å². The number of aromatic nitrogens is 4. The molecule has 2 aromatic carbocycles. The first-order valence-electron chi connectivity index (χ1n) is 9.56. The first-order valence-corrected chi connectivity index (χ1v) is 10.5. The number of anilines is 1. The van der Waals surface area contributed by atoms with Gasteiger partial charge in [0.15, 0.2) is 11.5 Å². The molecule has 2 heterocycles. The van der Waals surface area contributed by atoms with E-state index in [9.17, 15) is 18.8 Å². The number of aryl methyl sites for hydroxylation is 1. The van der Waals surface area contributed by atoms with Gasteiger partial charge in [-0.3, -0.25) is 18.7 Å². The second-order valence-corrected chi connectivity index (χ2v) is 7.93. The van der Waals surface area contributed by atoms with Crippen molar-refractivity contribution in [3.8, 4) is 11.4 Å². The third-order valence-corrected chi connectivity index (χ3v) is 5.74. The zero-order valence-electron chi connectivity index (χ0n) is 17.2. The van der Waals surface area contributed by atoms with Crippen LogP contribution >= 0.6 is 11.8 Å². The fraction of sp³-hybridized carbons (Fsp3) is 0.136. The maximum Gasteiger partial charge on any atom is 0.332 e. The lowest BCUT2D eigenvalue weighted by molar-refractivity contribution is -0.113. The molecule has 0 aliphatic rings. The highest BCUT2D eigenvalue weighted by molar-refractivity contribution is 8.00. The fourth-order valence-electron chi connectivity index (χ4n) is 3.11. The van der Waals surface area contributed by atoms with Crippen molar-refractivity contribution in [2.75, 3.05) is 11.1 Å². The van der Waals surface area contributed by atoms with Gasteiger partial charge in [0, 0.05) is 25.3 Å². The topological polar surface area (TPSA) is 98.9 Å². The average Bonchev–Trinajstić information content (AvgIpc) is 2.80. The predicted octanol–water partition coefficient (Wildman–Crippen LogP) is 2.56. The number of amides is 1. The van der Waals surface area contributed by atoms with Crippen molar-refractivity contribution in [2.45, 2.75) is 5.03 Å². The lowest BCUT2D eigenvalue weighted by Crippen LogP contribution is -2.37. The number of carbonyl (C=O) groups excluding carboxylic acids is 1. The molecule has 0 atom stereocenters. The van der Waals surface area contributed by atoms with Crippen LogP contribution in [-0.4, -0.2) is 30.8 Å². The molecule has 10 heteroatoms. The van der Waals surface area contributed by atoms with Gasteiger partial charge in [-0.05, 0) is 36.4 Å². The minimum absolute atomic E-state index is 0.0180. The Morgan fingerprint density at radius 3 is 2.38 bits per heavy atom. The van der Waals surface area contributed by atoms with Crippen LogP contribution in [0, 0.1) is 5.82 Å². The van der Waals surface area contributed by atoms with Crippen LogP contribution in [0.4, 0.5) is 10.1 Å². The summed E-state index contributed by atoms with van der Waals surface area (Å²) in [5.41, 5.74) is 0.204. The Morgan fingerprint density at radius 1 is 1.00 bits per heavy atom. The lowest BCUT2D eigenvalue weighted by Gasteiger charge is -2.12. The van der Waals surface area contributed by atoms with Gasteiger partial charge >= 0.3 is 5.69 Å². The Labute approximate surface area is 185 Å². The van der Waals surface area contributed by atoms with E-state index in [1.54, 1.807) is 24.3 Å². The number of fused-ring (bicyclic) bond motifs is 1. The second kappa shape index (κ2) is 8.75. The molecule has 4 aromatic rings. The van der Waals surface area contributed by atoms with Crippen molar-refractivity contribution in [1.29, 1.82) is 0 Å². The third kappa shape index (κ3) is 4.17. The molecular weight excluding hydrogens is 433 g/mol. The molecule has 0 radical (unpaired) electrons. The SMILES string of the molecule is Cn1c(=O)c2c(SCC(=O)Nc3ccccc3)nc(-c3ccc(F)cc3)nc2n(C)c1=O. The van der Waals surface area contributed by atoms with Crippen LogP contribution in [0.2, 0.25) is 0 Å². The van der Waals surface area contributed by atoms with Crippen LogP contribution in [-0.2, 0) is 18.9 Å². The number of carbonyl (C=O) groups is 1. The summed E-state index contributed by atoms with van der Waals surface area (Å²) < 4.78 is 15.6. The number of thioether (sulfide) groups is 1. The molecule has 8 nitrogen and oxygen atoms in total. The van der Waals surface area contributed by atoms with Crippen molar-refractivity contribution < 1.29 is 9.18 Å². The normalized spacial score (nSPS) is 11.0. The van der Waals surface area contributed by atoms with Gasteiger partial charge in [-0.2, -0.15) is 0 Å². The number of halogens is 1. The fourth-order valence-corrected chi connectivity index (χ4v) is 3.93. The van der Waals surface area contributed by atoms with Crippen molar-refractivity contribution in [2.24, 2.45) is 14.1 Å². The van der Waals surface area contributed by atoms with Crippen LogP contribution < -0.4 is 16.6 Å². The first kappa shape index (κ1) is 21.4. The smallest absolute Gasteiger partial charge is 0.325 e. The monoisotopic (exact) mass is 451 g/mol. The number of nitrogens with one attached hydrogen (secondary N) is 1. The van der Waals surface area contributed by atoms with E-state index >= 15 is 0 Å². The van der Waals surface area contributed by atoms with E-state index in [4.69, 9.17) is 0 Å². The Morgan fingerprint density at radius 2 is 1.69 bits per heavy atom. The van der Waals surface area contributed by atoms with E-state index < -0.39 is 17.1 Å². The molecule has 32 heavy (non-hydrogen) atoms. The molecule has 0 aliphatic carbocycles. The standard InChI is InChI=1S/C22H18FN5O3S/c1-27-19-17(21(30)28(2)22(27)31)20(26-18(25-19)13-8-10-14(23)11-9-13)32-12-16(29)24-15-6-4-3-5-7-15/h3-11H,12H2,1-2H3,(H,24,29). The van der Waals surface area contributed by atoms with Crippen molar-refractivity contribution in [1.82, 2.24) is 19.1 Å². The van der Waals surface area contributed by atoms with Crippen LogP contribution in [0.5, 0.6) is 0 Å². The third-order valence-electron chi connectivity index (χ3n) is 4.77. The molecule has 0 unspecified atom stereocenters. The van der Waals surface area contributed by atoms with Gasteiger partial charge in [0.1, 0.15) is 16.2 Å². The summed E-state index contributed by atoms with van der Waals surface area (Å²) in [6.45, 7) is 0. The van der Waals surface area contributed by atoms with Crippen LogP contribution in [0.3, 0.4) is 0 Å². The van der Waals surface area contributed by atoms with Gasteiger partial charge in [0.05, 0.1) is 5.75 Å². The van der Waals surface area contributed by atoms with Gasteiger partial charge in [-0.25, -0.2) is 19.2 Å². The maximum absolute atomic E-state index is 13.4. The number of rotatable bonds is 5. The summed E-state index contributed by atoms with van der Waals surface area (Å²) >= 11 is 1.06. The quantitative estimate of drug-likeness (QED) is 0.370. The molecule has 0 bridgehead atoms. The summed E-state index contributed by atoms with van der Waals surface area (Å²) in [6, 6.07) is 14.5. The van der Waals surface area contributed by atoms with E-state index in [0.717, 1.165) is 16.3 Å². The Hall–Kier alpha value is -3.79. The molecule has 0 spiro atoms. The Bertz CT molecular complexity index is 1430. The van der Waals surface area contributed by atoms with Crippen molar-refractivity contribution >= 4 is 34.4 Å². The van der Waals surface area contributed by atoms with Crippen molar-refractivity contribution in [3.05, 3.63) is 81.3 Å². The first-order chi connectivity index (χ1) is 15.3. The molecule has 162 valence electrons. The summed E-state index contributed by atoms with van der Waals surface area (Å²) in [5, 5.41) is 3.17. The van der Waals surface area contributed by atoms with E-state index in [2.05, 4.69) is 15.3 Å². The largest absolute Gasteiger partial charge is 0.332 e. The summed E-state index contributed by atoms with van der Waals surface area (Å²) in [6.07, 6.45) is 0. The van der Waals surface area contributed by atoms with Crippen LogP contribution in [0.1, 0.15) is 0 Å². The molecule has 0 fully saturated rings. The molecule has 0 aliphatic heterocycles. The number of hydrogen-bond acceptors (Lipinski definition) is 6. The van der Waals surface area contributed by atoms with E-state index in [-0.39, 0.29) is 33.5 Å². The summed E-state index contributed by atoms with van der Waals surface area (Å²) in [5.74, 6) is -0.497. The van der Waals surface area contributed by atoms with Crippen LogP contribution in [0.15, 0.2) is 69.2 Å². The van der Waals surface area contributed by atoms with E-state index in [1.807, 2.05) is 6.07 Å². The molecule has 2 aromatic heterocycles. The zero-order valence-corrected chi connectivity index (χ0v) is 18.0. The van der Waals surface area contributed by atoms with Gasteiger partial charge < -0.3 is 5.32 Å². The van der Waals surface area contributed by atoms with E-state index in [1.165, 1.54) is 42.9 Å². The predicted molar refractivity (Wildman–Crippen MR) is 121 cm³/mol. The Balaban J connectivity index is 1.78. The van der Waals surface area contributed by atoms with Gasteiger partial charge in [0.2, 0.25) is 5.91 Å². The second-order valence-electron chi connectivity index (χ2n) is 6.97. The number of nitrogens with zero attached hydrogens (tertiary/aromatic N) is 4. The molecule has 1 N–H and O–H groups in total. The number of para-hydroxylation sites is 1. The van der Waals surface area contributed by atoms with Crippen LogP contribution in [0.25, 0.3) is 22.4 Å². The molecule has 1 amide bonds. The maximum atomic E-state index is 13.4. The molecule has 0 saturated heterocycles. The van der Waals surface area contributed by atoms with Crippen molar-refractivity contribution in [3.63, 3.8) is 0 Å². The Kier molecular flexibility index (Phi) is 5.87. The zero-order chi connectivity index (χ0) is 22.8. The average molecular weight is 451 g/mol. The summed E-state index contributed by atoms with van der Waals surface area (Å²) in [7, 11) is 2.87. The molecular formula is C22H18FN5O3S. The number of hydrogen-bond donors (Lipinski definition) is 1. The lowest BCUT2D eigenvalue weighted by atomic mass is 10.2. The summed E-state index contributed by atoms with van der Waals surface area (Å²) in [4.78, 5) is 46.6. The van der Waals surface area contributed by atoms with Gasteiger partial charge in [0.25, 0.3) is 5.56 Å². The molecule has 4 rings (SSSR count). The molecule has 0 saturated carbocycles. The highest BCUT2D eigenvalue weighted by atomic mass is 32.2. The highest BCUT2D eigenvalue weighted by Crippen LogP contribution is 2.26. The van der Waals surface area contributed by atoms with Gasteiger partial charge in [-0.15, -0.1) is 0 Å².